The Balaban J connectivity index is 0.000000188. The van der Waals surface area contributed by atoms with Gasteiger partial charge in [0.25, 0.3) is 0 Å². The second-order valence-corrected chi connectivity index (χ2v) is 14.2. The van der Waals surface area contributed by atoms with Crippen molar-refractivity contribution in [3.05, 3.63) is 197 Å². The van der Waals surface area contributed by atoms with Crippen molar-refractivity contribution in [2.45, 2.75) is 32.7 Å². The second kappa shape index (κ2) is 21.8. The molecule has 7 rings (SSSR count). The number of halogens is 6. The van der Waals surface area contributed by atoms with Gasteiger partial charge < -0.3 is 33.6 Å². The van der Waals surface area contributed by atoms with Crippen LogP contribution in [0.4, 0.5) is 24.8 Å². The number of ether oxygens (including phenoxy) is 2. The third-order valence-corrected chi connectivity index (χ3v) is 9.53. The monoisotopic (exact) mass is 909 g/mol. The van der Waals surface area contributed by atoms with Gasteiger partial charge in [-0.15, -0.1) is 0 Å². The molecule has 0 aliphatic carbocycles. The number of anilines is 2. The van der Waals surface area contributed by atoms with Gasteiger partial charge in [-0.05, 0) is 64.5 Å². The van der Waals surface area contributed by atoms with Crippen LogP contribution in [0.2, 0.25) is 15.6 Å². The first-order chi connectivity index (χ1) is 29.6. The number of aromatic nitrogens is 6. The van der Waals surface area contributed by atoms with Crippen LogP contribution in [0.3, 0.4) is 0 Å². The summed E-state index contributed by atoms with van der Waals surface area (Å²) in [5.74, 6) is -0.541. The number of alkyl halides is 3. The molecule has 2 N–H and O–H groups in total. The fraction of sp³-hybridized carbons (Fsp3) is 0.163. The quantitative estimate of drug-likeness (QED) is 0.121. The Morgan fingerprint density at radius 1 is 0.629 bits per heavy atom. The zero-order chi connectivity index (χ0) is 44.8. The zero-order valence-electron chi connectivity index (χ0n) is 32.9. The number of benzene rings is 4. The van der Waals surface area contributed by atoms with Gasteiger partial charge in [0.15, 0.2) is 12.4 Å². The topological polar surface area (TPSA) is 155 Å². The third-order valence-electron chi connectivity index (χ3n) is 8.52. The lowest BCUT2D eigenvalue weighted by molar-refractivity contribution is -0.153. The van der Waals surface area contributed by atoms with E-state index in [9.17, 15) is 32.7 Å². The highest BCUT2D eigenvalue weighted by Gasteiger charge is 2.29. The molecule has 4 aromatic carbocycles. The number of rotatable bonds is 11. The van der Waals surface area contributed by atoms with Crippen LogP contribution in [0.15, 0.2) is 142 Å². The second-order valence-electron chi connectivity index (χ2n) is 13.1. The van der Waals surface area contributed by atoms with Crippen LogP contribution in [0, 0.1) is 6.92 Å². The minimum Gasteiger partial charge on any atom is -0.502 e. The Kier molecular flexibility index (Phi) is 16.3. The highest BCUT2D eigenvalue weighted by atomic mass is 35.5. The summed E-state index contributed by atoms with van der Waals surface area (Å²) in [4.78, 5) is 45.6. The fourth-order valence-corrected chi connectivity index (χ4v) is 5.98. The molecule has 19 heteroatoms. The van der Waals surface area contributed by atoms with E-state index >= 15 is 0 Å². The first kappa shape index (κ1) is 46.4. The van der Waals surface area contributed by atoms with Crippen LogP contribution in [-0.4, -0.2) is 53.7 Å². The number of methoxy groups -OCH3 is 1. The van der Waals surface area contributed by atoms with Crippen LogP contribution in [-0.2, 0) is 19.6 Å². The van der Waals surface area contributed by atoms with Gasteiger partial charge in [-0.1, -0.05) is 109 Å². The molecule has 7 aromatic rings. The molecule has 3 aromatic heterocycles. The Hall–Kier alpha value is -6.62. The first-order valence-corrected chi connectivity index (χ1v) is 19.5. The van der Waals surface area contributed by atoms with Crippen LogP contribution in [0.5, 0.6) is 17.2 Å². The number of hydrogen-bond donors (Lipinski definition) is 2. The van der Waals surface area contributed by atoms with Gasteiger partial charge in [0.2, 0.25) is 28.0 Å². The minimum absolute atomic E-state index is 0.0617. The van der Waals surface area contributed by atoms with Crippen molar-refractivity contribution in [2.75, 3.05) is 19.0 Å². The Morgan fingerprint density at radius 2 is 1.10 bits per heavy atom. The first-order valence-electron chi connectivity index (χ1n) is 18.3. The summed E-state index contributed by atoms with van der Waals surface area (Å²) in [6.45, 7) is 1.49. The number of nitrogens with one attached hydrogen (secondary N) is 1. The van der Waals surface area contributed by atoms with Crippen molar-refractivity contribution in [1.29, 1.82) is 0 Å². The van der Waals surface area contributed by atoms with Gasteiger partial charge in [-0.2, -0.15) is 28.1 Å². The van der Waals surface area contributed by atoms with Gasteiger partial charge in [0.05, 0.1) is 32.2 Å². The van der Waals surface area contributed by atoms with E-state index in [1.54, 1.807) is 35.9 Å². The maximum Gasteiger partial charge on any atom is 0.422 e. The third kappa shape index (κ3) is 13.7. The van der Waals surface area contributed by atoms with Crippen LogP contribution < -0.4 is 31.5 Å². The maximum atomic E-state index is 12.5. The molecule has 0 aliphatic rings. The van der Waals surface area contributed by atoms with E-state index in [2.05, 4.69) is 25.0 Å². The summed E-state index contributed by atoms with van der Waals surface area (Å²) >= 11 is 17.8. The molecule has 0 saturated heterocycles. The SMILES string of the molecule is COc1cn(Cc2ccccc2)c(Cl)nc1=O.Cc1c(Cl)cccc1Nc1nc(=O)c(OCC(F)(F)F)cn1Cc1ccccc1.O=c1nc(Cl)n(Cc2ccccc2)cc1O. The molecular weight excluding hydrogens is 874 g/mol. The van der Waals surface area contributed by atoms with Gasteiger partial charge in [0.1, 0.15) is 0 Å². The van der Waals surface area contributed by atoms with E-state index in [-0.39, 0.29) is 28.8 Å². The van der Waals surface area contributed by atoms with Gasteiger partial charge in [0, 0.05) is 23.8 Å². The zero-order valence-corrected chi connectivity index (χ0v) is 35.2. The average Bonchev–Trinajstić information content (AvgIpc) is 3.24. The molecule has 3 heterocycles. The van der Waals surface area contributed by atoms with E-state index in [1.165, 1.54) is 28.6 Å². The lowest BCUT2D eigenvalue weighted by Crippen LogP contribution is -2.25. The van der Waals surface area contributed by atoms with E-state index < -0.39 is 41.0 Å². The summed E-state index contributed by atoms with van der Waals surface area (Å²) in [6, 6.07) is 33.8. The molecule has 62 heavy (non-hydrogen) atoms. The molecule has 0 unspecified atom stereocenters. The van der Waals surface area contributed by atoms with Crippen molar-refractivity contribution in [3.8, 4) is 17.2 Å². The Labute approximate surface area is 367 Å². The predicted molar refractivity (Wildman–Crippen MR) is 231 cm³/mol. The molecule has 13 nitrogen and oxygen atoms in total. The van der Waals surface area contributed by atoms with E-state index in [0.717, 1.165) is 22.3 Å². The largest absolute Gasteiger partial charge is 0.502 e. The molecule has 0 aliphatic heterocycles. The standard InChI is InChI=1S/C20H17ClF3N3O2.C12H11ClN2O2.C11H9ClN2O2/c1-13-15(21)8-5-9-16(13)25-19-26-18(28)17(29-12-20(22,23)24)11-27(19)10-14-6-3-2-4-7-14;1-17-10-8-15(12(13)14-11(10)16)7-9-5-3-2-4-6-9;12-11-13-10(16)9(15)7-14(11)6-8-4-2-1-3-5-8/h2-9,11H,10,12H2,1H3,(H,25,26,28);2-6,8H,7H2,1H3;1-5,7,15H,6H2. The van der Waals surface area contributed by atoms with E-state index in [1.807, 2.05) is 91.0 Å². The van der Waals surface area contributed by atoms with Gasteiger partial charge in [-0.3, -0.25) is 14.4 Å². The molecule has 0 spiro atoms. The summed E-state index contributed by atoms with van der Waals surface area (Å²) in [5, 5.41) is 13.0. The number of nitrogens with zero attached hydrogens (tertiary/aromatic N) is 6. The molecule has 0 atom stereocenters. The van der Waals surface area contributed by atoms with Crippen molar-refractivity contribution < 1.29 is 27.8 Å². The lowest BCUT2D eigenvalue weighted by atomic mass is 10.2. The smallest absolute Gasteiger partial charge is 0.422 e. The number of aromatic hydroxyl groups is 1. The van der Waals surface area contributed by atoms with Crippen LogP contribution in [0.25, 0.3) is 0 Å². The van der Waals surface area contributed by atoms with Crippen molar-refractivity contribution >= 4 is 46.4 Å². The fourth-order valence-electron chi connectivity index (χ4n) is 5.43. The van der Waals surface area contributed by atoms with Crippen molar-refractivity contribution in [2.24, 2.45) is 0 Å². The van der Waals surface area contributed by atoms with Crippen molar-refractivity contribution in [1.82, 2.24) is 28.7 Å². The maximum absolute atomic E-state index is 12.5. The molecule has 0 radical (unpaired) electrons. The Bertz CT molecular complexity index is 2760. The average molecular weight is 911 g/mol. The summed E-state index contributed by atoms with van der Waals surface area (Å²) < 4.78 is 51.7. The molecule has 322 valence electrons. The lowest BCUT2D eigenvalue weighted by Gasteiger charge is -2.17. The molecule has 0 amide bonds. The minimum atomic E-state index is -4.56. The van der Waals surface area contributed by atoms with Crippen molar-refractivity contribution in [3.63, 3.8) is 0 Å². The molecule has 0 fully saturated rings. The van der Waals surface area contributed by atoms with Gasteiger partial charge >= 0.3 is 22.9 Å². The molecule has 0 saturated carbocycles. The van der Waals surface area contributed by atoms with E-state index in [0.29, 0.717) is 23.8 Å². The summed E-state index contributed by atoms with van der Waals surface area (Å²) in [6.07, 6.45) is -0.503. The Morgan fingerprint density at radius 3 is 1.61 bits per heavy atom. The number of hydrogen-bond acceptors (Lipinski definition) is 10. The summed E-state index contributed by atoms with van der Waals surface area (Å²) in [7, 11) is 1.43. The van der Waals surface area contributed by atoms with Gasteiger partial charge in [-0.25, -0.2) is 0 Å². The predicted octanol–water partition coefficient (Wildman–Crippen LogP) is 8.54. The molecule has 0 bridgehead atoms. The molecular formula is C43H37Cl3F3N7O6. The van der Waals surface area contributed by atoms with E-state index in [4.69, 9.17) is 39.5 Å². The highest BCUT2D eigenvalue weighted by Crippen LogP contribution is 2.26. The van der Waals surface area contributed by atoms with Crippen LogP contribution >= 0.6 is 34.8 Å². The summed E-state index contributed by atoms with van der Waals surface area (Å²) in [5.41, 5.74) is 2.24. The van der Waals surface area contributed by atoms with Crippen LogP contribution in [0.1, 0.15) is 22.3 Å². The highest BCUT2D eigenvalue weighted by molar-refractivity contribution is 6.31. The normalized spacial score (nSPS) is 10.8.